The number of ether oxygens (including phenoxy) is 2. The largest absolute Gasteiger partial charge is 0.507 e. The zero-order chi connectivity index (χ0) is 21.8. The Morgan fingerprint density at radius 1 is 1.13 bits per heavy atom. The summed E-state index contributed by atoms with van der Waals surface area (Å²) in [6.07, 6.45) is 0.517. The highest BCUT2D eigenvalue weighted by Gasteiger charge is 2.45. The number of methoxy groups -OCH3 is 2. The molecule has 0 spiro atoms. The van der Waals surface area contributed by atoms with Crippen LogP contribution in [0.1, 0.15) is 29.2 Å². The minimum atomic E-state index is -0.816. The SMILES string of the molecule is COCCCN1C(=O)C(=O)/C(=C(/O)c2ccc(OC)cc2C)[C@@H]1c1ccc(F)cc1. The number of hydrogen-bond acceptors (Lipinski definition) is 5. The number of aryl methyl sites for hydroxylation is 1. The lowest BCUT2D eigenvalue weighted by atomic mass is 9.94. The number of rotatable bonds is 7. The van der Waals surface area contributed by atoms with Crippen molar-refractivity contribution in [3.05, 3.63) is 70.5 Å². The highest BCUT2D eigenvalue weighted by atomic mass is 19.1. The van der Waals surface area contributed by atoms with E-state index in [0.717, 1.165) is 0 Å². The Labute approximate surface area is 174 Å². The molecule has 0 radical (unpaired) electrons. The molecule has 0 bridgehead atoms. The van der Waals surface area contributed by atoms with Gasteiger partial charge >= 0.3 is 0 Å². The van der Waals surface area contributed by atoms with E-state index in [1.54, 1.807) is 32.2 Å². The van der Waals surface area contributed by atoms with Gasteiger partial charge in [0.25, 0.3) is 11.7 Å². The Bertz CT molecular complexity index is 984. The van der Waals surface area contributed by atoms with Crippen LogP contribution >= 0.6 is 0 Å². The molecule has 7 heteroatoms. The van der Waals surface area contributed by atoms with Crippen LogP contribution < -0.4 is 4.74 Å². The van der Waals surface area contributed by atoms with Crippen LogP contribution in [0.2, 0.25) is 0 Å². The molecule has 2 aromatic rings. The zero-order valence-corrected chi connectivity index (χ0v) is 17.1. The van der Waals surface area contributed by atoms with Crippen molar-refractivity contribution in [2.75, 3.05) is 27.4 Å². The molecule has 158 valence electrons. The molecule has 0 unspecified atom stereocenters. The van der Waals surface area contributed by atoms with Gasteiger partial charge in [0.1, 0.15) is 17.3 Å². The van der Waals surface area contributed by atoms with Gasteiger partial charge in [-0.25, -0.2) is 4.39 Å². The van der Waals surface area contributed by atoms with Crippen LogP contribution in [0, 0.1) is 12.7 Å². The van der Waals surface area contributed by atoms with Crippen LogP contribution in [0.4, 0.5) is 4.39 Å². The summed E-state index contributed by atoms with van der Waals surface area (Å²) >= 11 is 0. The van der Waals surface area contributed by atoms with E-state index in [4.69, 9.17) is 9.47 Å². The van der Waals surface area contributed by atoms with Gasteiger partial charge in [-0.1, -0.05) is 12.1 Å². The lowest BCUT2D eigenvalue weighted by Gasteiger charge is -2.25. The second kappa shape index (κ2) is 9.09. The molecule has 0 aromatic heterocycles. The van der Waals surface area contributed by atoms with E-state index in [-0.39, 0.29) is 17.9 Å². The first kappa shape index (κ1) is 21.5. The number of aliphatic hydroxyl groups is 1. The van der Waals surface area contributed by atoms with Crippen molar-refractivity contribution in [2.45, 2.75) is 19.4 Å². The van der Waals surface area contributed by atoms with Crippen molar-refractivity contribution in [1.29, 1.82) is 0 Å². The second-order valence-electron chi connectivity index (χ2n) is 7.07. The Morgan fingerprint density at radius 2 is 1.83 bits per heavy atom. The summed E-state index contributed by atoms with van der Waals surface area (Å²) < 4.78 is 23.7. The van der Waals surface area contributed by atoms with Gasteiger partial charge in [0.2, 0.25) is 0 Å². The van der Waals surface area contributed by atoms with Crippen LogP contribution in [0.25, 0.3) is 5.76 Å². The smallest absolute Gasteiger partial charge is 0.295 e. The van der Waals surface area contributed by atoms with E-state index >= 15 is 0 Å². The third-order valence-corrected chi connectivity index (χ3v) is 5.16. The number of amides is 1. The van der Waals surface area contributed by atoms with Crippen LogP contribution in [0.15, 0.2) is 48.0 Å². The number of carbonyl (C=O) groups is 2. The van der Waals surface area contributed by atoms with E-state index in [0.29, 0.717) is 35.5 Å². The average Bonchev–Trinajstić information content (AvgIpc) is 2.99. The molecule has 3 rings (SSSR count). The highest BCUT2D eigenvalue weighted by molar-refractivity contribution is 6.46. The summed E-state index contributed by atoms with van der Waals surface area (Å²) in [4.78, 5) is 27.1. The highest BCUT2D eigenvalue weighted by Crippen LogP contribution is 2.40. The number of hydrogen-bond donors (Lipinski definition) is 1. The van der Waals surface area contributed by atoms with Gasteiger partial charge in [0.05, 0.1) is 18.7 Å². The van der Waals surface area contributed by atoms with Gasteiger partial charge in [0.15, 0.2) is 0 Å². The van der Waals surface area contributed by atoms with Crippen LogP contribution in [-0.2, 0) is 14.3 Å². The number of likely N-dealkylation sites (tertiary alicyclic amines) is 1. The van der Waals surface area contributed by atoms with Crippen LogP contribution in [0.5, 0.6) is 5.75 Å². The summed E-state index contributed by atoms with van der Waals surface area (Å²) in [6, 6.07) is 9.80. The molecule has 2 aromatic carbocycles. The Hall–Kier alpha value is -3.19. The maximum Gasteiger partial charge on any atom is 0.295 e. The Balaban J connectivity index is 2.13. The predicted molar refractivity (Wildman–Crippen MR) is 110 cm³/mol. The number of nitrogens with zero attached hydrogens (tertiary/aromatic N) is 1. The molecule has 1 aliphatic heterocycles. The standard InChI is InChI=1S/C23H24FNO5/c1-14-13-17(30-3)9-10-18(14)21(26)19-20(15-5-7-16(24)8-6-15)25(11-4-12-29-2)23(28)22(19)27/h5-10,13,20,26H,4,11-12H2,1-3H3/b21-19+/t20-/m0/s1. The van der Waals surface area contributed by atoms with Gasteiger partial charge in [-0.15, -0.1) is 0 Å². The van der Waals surface area contributed by atoms with Gasteiger partial charge in [-0.05, 0) is 54.8 Å². The lowest BCUT2D eigenvalue weighted by molar-refractivity contribution is -0.140. The quantitative estimate of drug-likeness (QED) is 0.325. The maximum absolute atomic E-state index is 13.5. The monoisotopic (exact) mass is 413 g/mol. The van der Waals surface area contributed by atoms with Crippen molar-refractivity contribution >= 4 is 17.4 Å². The Kier molecular flexibility index (Phi) is 6.52. The van der Waals surface area contributed by atoms with Crippen LogP contribution in [0.3, 0.4) is 0 Å². The fourth-order valence-electron chi connectivity index (χ4n) is 3.66. The molecule has 1 saturated heterocycles. The molecule has 0 saturated carbocycles. The molecular formula is C23H24FNO5. The van der Waals surface area contributed by atoms with E-state index < -0.39 is 23.5 Å². The fraction of sp³-hybridized carbons (Fsp3) is 0.304. The maximum atomic E-state index is 13.5. The lowest BCUT2D eigenvalue weighted by Crippen LogP contribution is -2.31. The molecule has 1 N–H and O–H groups in total. The normalized spacial score (nSPS) is 18.1. The molecular weight excluding hydrogens is 389 g/mol. The van der Waals surface area contributed by atoms with Gasteiger partial charge in [0, 0.05) is 25.8 Å². The summed E-state index contributed by atoms with van der Waals surface area (Å²) in [6.45, 7) is 2.45. The molecule has 1 amide bonds. The van der Waals surface area contributed by atoms with E-state index in [1.807, 2.05) is 0 Å². The number of halogens is 1. The first-order valence-electron chi connectivity index (χ1n) is 9.56. The first-order valence-corrected chi connectivity index (χ1v) is 9.56. The molecule has 1 atom stereocenters. The van der Waals surface area contributed by atoms with E-state index in [2.05, 4.69) is 0 Å². The first-order chi connectivity index (χ1) is 14.4. The number of ketones is 1. The van der Waals surface area contributed by atoms with Crippen LogP contribution in [-0.4, -0.2) is 49.1 Å². The molecule has 1 aliphatic rings. The number of benzene rings is 2. The van der Waals surface area contributed by atoms with E-state index in [1.165, 1.54) is 36.3 Å². The third-order valence-electron chi connectivity index (χ3n) is 5.16. The van der Waals surface area contributed by atoms with Crippen molar-refractivity contribution in [1.82, 2.24) is 4.90 Å². The molecule has 6 nitrogen and oxygen atoms in total. The summed E-state index contributed by atoms with van der Waals surface area (Å²) in [5, 5.41) is 11.1. The van der Waals surface area contributed by atoms with Crippen molar-refractivity contribution in [3.8, 4) is 5.75 Å². The third kappa shape index (κ3) is 4.07. The molecule has 30 heavy (non-hydrogen) atoms. The summed E-state index contributed by atoms with van der Waals surface area (Å²) in [7, 11) is 3.09. The van der Waals surface area contributed by atoms with Crippen molar-refractivity contribution < 1.29 is 28.6 Å². The topological polar surface area (TPSA) is 76.1 Å². The number of Topliss-reactive ketones (excluding diaryl/α,β-unsaturated/α-hetero) is 1. The summed E-state index contributed by atoms with van der Waals surface area (Å²) in [5.41, 5.74) is 1.64. The van der Waals surface area contributed by atoms with Crippen molar-refractivity contribution in [3.63, 3.8) is 0 Å². The minimum absolute atomic E-state index is 0.0164. The fourth-order valence-corrected chi connectivity index (χ4v) is 3.66. The van der Waals surface area contributed by atoms with Gasteiger partial charge in [-0.2, -0.15) is 0 Å². The van der Waals surface area contributed by atoms with Crippen molar-refractivity contribution in [2.24, 2.45) is 0 Å². The zero-order valence-electron chi connectivity index (χ0n) is 17.1. The van der Waals surface area contributed by atoms with E-state index in [9.17, 15) is 19.1 Å². The molecule has 0 aliphatic carbocycles. The number of aliphatic hydroxyl groups excluding tert-OH is 1. The Morgan fingerprint density at radius 3 is 2.43 bits per heavy atom. The predicted octanol–water partition coefficient (Wildman–Crippen LogP) is 3.60. The minimum Gasteiger partial charge on any atom is -0.507 e. The average molecular weight is 413 g/mol. The number of carbonyl (C=O) groups excluding carboxylic acids is 2. The summed E-state index contributed by atoms with van der Waals surface area (Å²) in [5.74, 6) is -1.56. The molecule has 1 fully saturated rings. The van der Waals surface area contributed by atoms with Gasteiger partial charge in [-0.3, -0.25) is 9.59 Å². The molecule has 1 heterocycles. The van der Waals surface area contributed by atoms with Gasteiger partial charge < -0.3 is 19.5 Å². The second-order valence-corrected chi connectivity index (χ2v) is 7.07.